The Morgan fingerprint density at radius 3 is 2.82 bits per heavy atom. The molecular weight excluding hydrogens is 214 g/mol. The molecule has 0 saturated carbocycles. The maximum Gasteiger partial charge on any atom is 0.297 e. The molecule has 0 radical (unpaired) electrons. The summed E-state index contributed by atoms with van der Waals surface area (Å²) in [6, 6.07) is 9.45. The van der Waals surface area contributed by atoms with Gasteiger partial charge in [0.25, 0.3) is 5.91 Å². The van der Waals surface area contributed by atoms with Crippen molar-refractivity contribution >= 4 is 5.91 Å². The summed E-state index contributed by atoms with van der Waals surface area (Å²) >= 11 is 0. The van der Waals surface area contributed by atoms with Crippen LogP contribution in [-0.2, 0) is 4.79 Å². The molecule has 0 spiro atoms. The highest BCUT2D eigenvalue weighted by Crippen LogP contribution is 2.02. The molecule has 17 heavy (non-hydrogen) atoms. The van der Waals surface area contributed by atoms with Crippen molar-refractivity contribution in [1.29, 1.82) is 0 Å². The summed E-state index contributed by atoms with van der Waals surface area (Å²) in [5.74, 6) is 5.50. The molecule has 4 nitrogen and oxygen atoms in total. The first kappa shape index (κ1) is 11.6. The van der Waals surface area contributed by atoms with Crippen LogP contribution in [0.25, 0.3) is 0 Å². The average molecular weight is 229 g/mol. The molecular formula is C13H15N3O. The van der Waals surface area contributed by atoms with E-state index in [0.717, 1.165) is 12.1 Å². The number of carbonyl (C=O) groups excluding carboxylic acids is 1. The van der Waals surface area contributed by atoms with Gasteiger partial charge in [-0.05, 0) is 12.1 Å². The quantitative estimate of drug-likeness (QED) is 0.604. The highest BCUT2D eigenvalue weighted by atomic mass is 16.1. The highest BCUT2D eigenvalue weighted by Gasteiger charge is 2.23. The monoisotopic (exact) mass is 229 g/mol. The lowest BCUT2D eigenvalue weighted by molar-refractivity contribution is -0.116. The van der Waals surface area contributed by atoms with Crippen LogP contribution in [0.3, 0.4) is 0 Å². The maximum absolute atomic E-state index is 11.6. The SMILES string of the molecule is CC1CNNC1NC(=O)C#Cc1ccccc1. The van der Waals surface area contributed by atoms with Crippen LogP contribution < -0.4 is 16.2 Å². The lowest BCUT2D eigenvalue weighted by atomic mass is 10.1. The molecule has 1 aromatic carbocycles. The summed E-state index contributed by atoms with van der Waals surface area (Å²) < 4.78 is 0. The topological polar surface area (TPSA) is 53.2 Å². The molecule has 1 saturated heterocycles. The Hall–Kier alpha value is -1.83. The van der Waals surface area contributed by atoms with Crippen LogP contribution in [0.4, 0.5) is 0 Å². The van der Waals surface area contributed by atoms with Crippen molar-refractivity contribution in [2.24, 2.45) is 5.92 Å². The van der Waals surface area contributed by atoms with Crippen LogP contribution in [-0.4, -0.2) is 18.6 Å². The van der Waals surface area contributed by atoms with Gasteiger partial charge in [-0.1, -0.05) is 31.0 Å². The van der Waals surface area contributed by atoms with Gasteiger partial charge in [0.05, 0.1) is 6.17 Å². The van der Waals surface area contributed by atoms with Crippen molar-refractivity contribution in [3.63, 3.8) is 0 Å². The summed E-state index contributed by atoms with van der Waals surface area (Å²) in [4.78, 5) is 11.6. The summed E-state index contributed by atoms with van der Waals surface area (Å²) in [6.45, 7) is 2.90. The number of hydrazine groups is 1. The summed E-state index contributed by atoms with van der Waals surface area (Å²) in [7, 11) is 0. The third-order valence-corrected chi connectivity index (χ3v) is 2.63. The molecule has 88 valence electrons. The Morgan fingerprint density at radius 1 is 1.41 bits per heavy atom. The van der Waals surface area contributed by atoms with Crippen LogP contribution in [0.15, 0.2) is 30.3 Å². The molecule has 1 aliphatic heterocycles. The van der Waals surface area contributed by atoms with Crippen molar-refractivity contribution in [1.82, 2.24) is 16.2 Å². The van der Waals surface area contributed by atoms with Gasteiger partial charge in [-0.3, -0.25) is 10.2 Å². The molecule has 1 amide bonds. The lowest BCUT2D eigenvalue weighted by Gasteiger charge is -2.13. The van der Waals surface area contributed by atoms with E-state index in [0.29, 0.717) is 5.92 Å². The number of nitrogens with one attached hydrogen (secondary N) is 3. The van der Waals surface area contributed by atoms with E-state index in [1.165, 1.54) is 0 Å². The van der Waals surface area contributed by atoms with E-state index in [-0.39, 0.29) is 12.1 Å². The molecule has 2 unspecified atom stereocenters. The van der Waals surface area contributed by atoms with E-state index in [9.17, 15) is 4.79 Å². The van der Waals surface area contributed by atoms with Crippen LogP contribution in [0.5, 0.6) is 0 Å². The standard InChI is InChI=1S/C13H15N3O/c1-10-9-14-16-13(10)15-12(17)8-7-11-5-3-2-4-6-11/h2-6,10,13-14,16H,9H2,1H3,(H,15,17). The first-order valence-electron chi connectivity index (χ1n) is 5.61. The Bertz CT molecular complexity index is 447. The van der Waals surface area contributed by atoms with Gasteiger partial charge in [-0.25, -0.2) is 5.43 Å². The van der Waals surface area contributed by atoms with E-state index in [2.05, 4.69) is 34.9 Å². The highest BCUT2D eigenvalue weighted by molar-refractivity contribution is 5.94. The first-order chi connectivity index (χ1) is 8.25. The number of rotatable bonds is 1. The van der Waals surface area contributed by atoms with Gasteiger partial charge < -0.3 is 5.32 Å². The molecule has 3 N–H and O–H groups in total. The Morgan fingerprint density at radius 2 is 2.18 bits per heavy atom. The van der Waals surface area contributed by atoms with Crippen molar-refractivity contribution < 1.29 is 4.79 Å². The van der Waals surface area contributed by atoms with Crippen molar-refractivity contribution in [2.75, 3.05) is 6.54 Å². The van der Waals surface area contributed by atoms with Gasteiger partial charge in [-0.2, -0.15) is 0 Å². The van der Waals surface area contributed by atoms with Gasteiger partial charge in [0.15, 0.2) is 0 Å². The number of hydrogen-bond acceptors (Lipinski definition) is 3. The van der Waals surface area contributed by atoms with Crippen molar-refractivity contribution in [3.8, 4) is 11.8 Å². The minimum atomic E-state index is -0.262. The predicted octanol–water partition coefficient (Wildman–Crippen LogP) is 0.224. The molecule has 0 aliphatic carbocycles. The lowest BCUT2D eigenvalue weighted by Crippen LogP contribution is -2.46. The molecule has 2 rings (SSSR count). The fourth-order valence-electron chi connectivity index (χ4n) is 1.60. The normalized spacial score (nSPS) is 22.6. The van der Waals surface area contributed by atoms with Gasteiger partial charge in [0.2, 0.25) is 0 Å². The van der Waals surface area contributed by atoms with Crippen molar-refractivity contribution in [3.05, 3.63) is 35.9 Å². The summed E-state index contributed by atoms with van der Waals surface area (Å²) in [6.07, 6.45) is -0.0485. The van der Waals surface area contributed by atoms with Crippen LogP contribution >= 0.6 is 0 Å². The van der Waals surface area contributed by atoms with Gasteiger partial charge >= 0.3 is 0 Å². The zero-order valence-corrected chi connectivity index (χ0v) is 9.66. The van der Waals surface area contributed by atoms with Crippen molar-refractivity contribution in [2.45, 2.75) is 13.1 Å². The van der Waals surface area contributed by atoms with E-state index >= 15 is 0 Å². The Balaban J connectivity index is 1.92. The molecule has 1 heterocycles. The molecule has 2 atom stereocenters. The third-order valence-electron chi connectivity index (χ3n) is 2.63. The molecule has 0 aromatic heterocycles. The van der Waals surface area contributed by atoms with Crippen LogP contribution in [0.2, 0.25) is 0 Å². The summed E-state index contributed by atoms with van der Waals surface area (Å²) in [5, 5.41) is 2.81. The van der Waals surface area contributed by atoms with E-state index < -0.39 is 0 Å². The predicted molar refractivity (Wildman–Crippen MR) is 65.6 cm³/mol. The smallest absolute Gasteiger partial charge is 0.297 e. The number of carbonyl (C=O) groups is 1. The molecule has 4 heteroatoms. The minimum Gasteiger partial charge on any atom is -0.328 e. The number of benzene rings is 1. The fourth-order valence-corrected chi connectivity index (χ4v) is 1.60. The second-order valence-corrected chi connectivity index (χ2v) is 4.07. The second kappa shape index (κ2) is 5.48. The first-order valence-corrected chi connectivity index (χ1v) is 5.61. The molecule has 1 aliphatic rings. The van der Waals surface area contributed by atoms with E-state index in [1.807, 2.05) is 30.3 Å². The largest absolute Gasteiger partial charge is 0.328 e. The minimum absolute atomic E-state index is 0.0485. The van der Waals surface area contributed by atoms with Crippen LogP contribution in [0, 0.1) is 17.8 Å². The average Bonchev–Trinajstić information content (AvgIpc) is 2.74. The molecule has 1 fully saturated rings. The summed E-state index contributed by atoms with van der Waals surface area (Å²) in [5.41, 5.74) is 6.81. The molecule has 1 aromatic rings. The van der Waals surface area contributed by atoms with Crippen LogP contribution in [0.1, 0.15) is 12.5 Å². The fraction of sp³-hybridized carbons (Fsp3) is 0.308. The van der Waals surface area contributed by atoms with Gasteiger partial charge in [0, 0.05) is 23.9 Å². The van der Waals surface area contributed by atoms with Gasteiger partial charge in [-0.15, -0.1) is 0 Å². The third kappa shape index (κ3) is 3.31. The second-order valence-electron chi connectivity index (χ2n) is 4.07. The van der Waals surface area contributed by atoms with Gasteiger partial charge in [0.1, 0.15) is 0 Å². The Kier molecular flexibility index (Phi) is 3.76. The maximum atomic E-state index is 11.6. The zero-order valence-electron chi connectivity index (χ0n) is 9.66. The Labute approximate surface area is 101 Å². The number of hydrogen-bond donors (Lipinski definition) is 3. The van der Waals surface area contributed by atoms with E-state index in [1.54, 1.807) is 0 Å². The van der Waals surface area contributed by atoms with E-state index in [4.69, 9.17) is 0 Å². The number of amides is 1. The zero-order chi connectivity index (χ0) is 12.1. The molecule has 0 bridgehead atoms.